The molecule has 2 fully saturated rings. The van der Waals surface area contributed by atoms with Crippen LogP contribution >= 0.6 is 0 Å². The SMILES string of the molecule is Cc1cccc(CN2C(=O)CCC23CCCN(c2ncccn2)CC3)c1. The molecule has 1 unspecified atom stereocenters. The number of rotatable bonds is 3. The van der Waals surface area contributed by atoms with E-state index in [1.54, 1.807) is 12.4 Å². The van der Waals surface area contributed by atoms with Gasteiger partial charge in [0.25, 0.3) is 0 Å². The summed E-state index contributed by atoms with van der Waals surface area (Å²) in [5.74, 6) is 1.11. The second-order valence-corrected chi connectivity index (χ2v) is 7.58. The molecule has 1 spiro atoms. The van der Waals surface area contributed by atoms with Crippen LogP contribution in [0, 0.1) is 6.92 Å². The molecule has 4 rings (SSSR count). The van der Waals surface area contributed by atoms with Crippen LogP contribution in [-0.2, 0) is 11.3 Å². The van der Waals surface area contributed by atoms with Crippen LogP contribution < -0.4 is 4.90 Å². The highest BCUT2D eigenvalue weighted by Gasteiger charge is 2.45. The number of benzene rings is 1. The lowest BCUT2D eigenvalue weighted by molar-refractivity contribution is -0.132. The van der Waals surface area contributed by atoms with Gasteiger partial charge in [0.2, 0.25) is 11.9 Å². The standard InChI is InChI=1S/C21H26N4O/c1-17-5-2-6-18(15-17)16-25-19(26)7-9-21(25)8-3-13-24(14-10-21)20-22-11-4-12-23-20/h2,4-6,11-12,15H,3,7-10,13-14,16H2,1H3. The zero-order chi connectivity index (χ0) is 18.0. The fourth-order valence-corrected chi connectivity index (χ4v) is 4.48. The maximum Gasteiger partial charge on any atom is 0.225 e. The molecular formula is C21H26N4O. The molecular weight excluding hydrogens is 324 g/mol. The fraction of sp³-hybridized carbons (Fsp3) is 0.476. The summed E-state index contributed by atoms with van der Waals surface area (Å²) in [5.41, 5.74) is 2.47. The minimum absolute atomic E-state index is 0.00956. The molecule has 136 valence electrons. The zero-order valence-corrected chi connectivity index (χ0v) is 15.4. The highest BCUT2D eigenvalue weighted by atomic mass is 16.2. The molecule has 0 aliphatic carbocycles. The normalized spacial score (nSPS) is 23.5. The van der Waals surface area contributed by atoms with Gasteiger partial charge in [-0.3, -0.25) is 4.79 Å². The Morgan fingerprint density at radius 1 is 1.08 bits per heavy atom. The van der Waals surface area contributed by atoms with E-state index in [1.165, 1.54) is 11.1 Å². The highest BCUT2D eigenvalue weighted by Crippen LogP contribution is 2.40. The summed E-state index contributed by atoms with van der Waals surface area (Å²) < 4.78 is 0. The van der Waals surface area contributed by atoms with Crippen LogP contribution in [0.5, 0.6) is 0 Å². The van der Waals surface area contributed by atoms with Gasteiger partial charge in [-0.2, -0.15) is 0 Å². The van der Waals surface area contributed by atoms with Crippen molar-refractivity contribution >= 4 is 11.9 Å². The average molecular weight is 350 g/mol. The number of aryl methyl sites for hydroxylation is 1. The monoisotopic (exact) mass is 350 g/mol. The van der Waals surface area contributed by atoms with Crippen LogP contribution in [0.2, 0.25) is 0 Å². The summed E-state index contributed by atoms with van der Waals surface area (Å²) >= 11 is 0. The van der Waals surface area contributed by atoms with Crippen molar-refractivity contribution in [2.75, 3.05) is 18.0 Å². The first-order valence-electron chi connectivity index (χ1n) is 9.54. The molecule has 1 atom stereocenters. The molecule has 0 saturated carbocycles. The fourth-order valence-electron chi connectivity index (χ4n) is 4.48. The number of likely N-dealkylation sites (tertiary alicyclic amines) is 1. The Kier molecular flexibility index (Phi) is 4.62. The average Bonchev–Trinajstić information content (AvgIpc) is 2.83. The number of aromatic nitrogens is 2. The predicted octanol–water partition coefficient (Wildman–Crippen LogP) is 3.34. The first-order valence-corrected chi connectivity index (χ1v) is 9.54. The molecule has 1 amide bonds. The predicted molar refractivity (Wildman–Crippen MR) is 102 cm³/mol. The molecule has 2 aliphatic rings. The van der Waals surface area contributed by atoms with Crippen molar-refractivity contribution in [2.45, 2.75) is 51.1 Å². The van der Waals surface area contributed by atoms with Gasteiger partial charge in [-0.05, 0) is 44.2 Å². The van der Waals surface area contributed by atoms with Crippen molar-refractivity contribution in [2.24, 2.45) is 0 Å². The van der Waals surface area contributed by atoms with Gasteiger partial charge in [0, 0.05) is 44.0 Å². The second-order valence-electron chi connectivity index (χ2n) is 7.58. The van der Waals surface area contributed by atoms with Crippen molar-refractivity contribution in [1.29, 1.82) is 0 Å². The highest BCUT2D eigenvalue weighted by molar-refractivity contribution is 5.79. The number of hydrogen-bond acceptors (Lipinski definition) is 4. The zero-order valence-electron chi connectivity index (χ0n) is 15.4. The topological polar surface area (TPSA) is 49.3 Å². The van der Waals surface area contributed by atoms with Crippen molar-refractivity contribution in [3.8, 4) is 0 Å². The van der Waals surface area contributed by atoms with Crippen molar-refractivity contribution in [3.05, 3.63) is 53.9 Å². The molecule has 2 aromatic rings. The quantitative estimate of drug-likeness (QED) is 0.852. The summed E-state index contributed by atoms with van der Waals surface area (Å²) in [6.45, 7) is 4.69. The van der Waals surface area contributed by atoms with E-state index in [1.807, 2.05) is 6.07 Å². The molecule has 0 radical (unpaired) electrons. The van der Waals surface area contributed by atoms with Crippen LogP contribution in [0.15, 0.2) is 42.7 Å². The van der Waals surface area contributed by atoms with E-state index >= 15 is 0 Å². The Labute approximate surface area is 155 Å². The maximum atomic E-state index is 12.7. The molecule has 0 N–H and O–H groups in total. The molecule has 5 nitrogen and oxygen atoms in total. The van der Waals surface area contributed by atoms with E-state index in [0.29, 0.717) is 12.3 Å². The number of nitrogens with zero attached hydrogens (tertiary/aromatic N) is 4. The first kappa shape index (κ1) is 17.0. The smallest absolute Gasteiger partial charge is 0.225 e. The Balaban J connectivity index is 1.53. The summed E-state index contributed by atoms with van der Waals surface area (Å²) in [4.78, 5) is 25.9. The van der Waals surface area contributed by atoms with Crippen molar-refractivity contribution in [1.82, 2.24) is 14.9 Å². The summed E-state index contributed by atoms with van der Waals surface area (Å²) in [7, 11) is 0. The minimum Gasteiger partial charge on any atom is -0.341 e. The Morgan fingerprint density at radius 2 is 1.92 bits per heavy atom. The summed E-state index contributed by atoms with van der Waals surface area (Å²) in [6, 6.07) is 10.4. The van der Waals surface area contributed by atoms with E-state index in [9.17, 15) is 4.79 Å². The van der Waals surface area contributed by atoms with Crippen molar-refractivity contribution < 1.29 is 4.79 Å². The van der Waals surface area contributed by atoms with Crippen molar-refractivity contribution in [3.63, 3.8) is 0 Å². The van der Waals surface area contributed by atoms with E-state index in [0.717, 1.165) is 51.3 Å². The molecule has 3 heterocycles. The third-order valence-corrected chi connectivity index (χ3v) is 5.85. The Bertz CT molecular complexity index is 779. The molecule has 1 aromatic carbocycles. The molecule has 2 saturated heterocycles. The molecule has 1 aromatic heterocycles. The van der Waals surface area contributed by atoms with Gasteiger partial charge in [-0.15, -0.1) is 0 Å². The lowest BCUT2D eigenvalue weighted by atomic mass is 9.87. The third kappa shape index (κ3) is 3.30. The van der Waals surface area contributed by atoms with Gasteiger partial charge >= 0.3 is 0 Å². The Morgan fingerprint density at radius 3 is 2.73 bits per heavy atom. The van der Waals surface area contributed by atoms with E-state index in [2.05, 4.69) is 51.0 Å². The van der Waals surface area contributed by atoms with Gasteiger partial charge in [-0.25, -0.2) is 9.97 Å². The lowest BCUT2D eigenvalue weighted by Gasteiger charge is -2.38. The van der Waals surface area contributed by atoms with Crippen LogP contribution in [0.1, 0.15) is 43.2 Å². The number of hydrogen-bond donors (Lipinski definition) is 0. The first-order chi connectivity index (χ1) is 12.7. The van der Waals surface area contributed by atoms with Gasteiger partial charge in [0.1, 0.15) is 0 Å². The van der Waals surface area contributed by atoms with Gasteiger partial charge in [-0.1, -0.05) is 29.8 Å². The number of carbonyl (C=O) groups is 1. The second kappa shape index (κ2) is 7.06. The number of amides is 1. The van der Waals surface area contributed by atoms with Crippen LogP contribution in [-0.4, -0.2) is 39.4 Å². The van der Waals surface area contributed by atoms with Crippen LogP contribution in [0.25, 0.3) is 0 Å². The number of carbonyl (C=O) groups excluding carboxylic acids is 1. The lowest BCUT2D eigenvalue weighted by Crippen LogP contribution is -2.46. The largest absolute Gasteiger partial charge is 0.341 e. The maximum absolute atomic E-state index is 12.7. The molecule has 0 bridgehead atoms. The summed E-state index contributed by atoms with van der Waals surface area (Å²) in [6.07, 6.45) is 8.36. The van der Waals surface area contributed by atoms with E-state index < -0.39 is 0 Å². The molecule has 5 heteroatoms. The van der Waals surface area contributed by atoms with Gasteiger partial charge < -0.3 is 9.80 Å². The summed E-state index contributed by atoms with van der Waals surface area (Å²) in [5, 5.41) is 0. The minimum atomic E-state index is -0.00956. The van der Waals surface area contributed by atoms with Gasteiger partial charge in [0.15, 0.2) is 0 Å². The van der Waals surface area contributed by atoms with E-state index in [-0.39, 0.29) is 5.54 Å². The van der Waals surface area contributed by atoms with Crippen LogP contribution in [0.3, 0.4) is 0 Å². The third-order valence-electron chi connectivity index (χ3n) is 5.85. The van der Waals surface area contributed by atoms with Gasteiger partial charge in [0.05, 0.1) is 0 Å². The molecule has 2 aliphatic heterocycles. The molecule has 26 heavy (non-hydrogen) atoms. The number of anilines is 1. The van der Waals surface area contributed by atoms with Crippen LogP contribution in [0.4, 0.5) is 5.95 Å². The Hall–Kier alpha value is -2.43. The van der Waals surface area contributed by atoms with E-state index in [4.69, 9.17) is 0 Å².